The van der Waals surface area contributed by atoms with Crippen LogP contribution in [0.25, 0.3) is 0 Å². The molecule has 0 aromatic heterocycles. The van der Waals surface area contributed by atoms with Crippen molar-refractivity contribution in [2.45, 2.75) is 180 Å². The highest BCUT2D eigenvalue weighted by Crippen LogP contribution is 2.70. The second-order valence-electron chi connectivity index (χ2n) is 23.5. The second kappa shape index (κ2) is 25.2. The molecule has 1 saturated heterocycles. The number of hydrogen-bond acceptors (Lipinski definition) is 12. The van der Waals surface area contributed by atoms with Gasteiger partial charge in [0.05, 0.1) is 31.4 Å². The average molecular weight is 1080 g/mol. The first-order chi connectivity index (χ1) is 36.4. The number of Topliss-reactive ketones (excluding diaryl/α,β-unsaturated/α-hetero) is 1. The molecule has 4 saturated carbocycles. The van der Waals surface area contributed by atoms with Gasteiger partial charge in [0, 0.05) is 48.0 Å². The van der Waals surface area contributed by atoms with Crippen LogP contribution < -0.4 is 9.84 Å². The van der Waals surface area contributed by atoms with E-state index in [4.69, 9.17) is 23.5 Å². The minimum atomic E-state index is -5.00. The summed E-state index contributed by atoms with van der Waals surface area (Å²) in [7, 11) is -5.00. The Morgan fingerprint density at radius 3 is 2.39 bits per heavy atom. The number of benzene rings is 2. The number of phosphoric acid groups is 1. The smallest absolute Gasteiger partial charge is 0.453 e. The number of nitrogens with zero attached hydrogens (tertiary/aromatic N) is 1. The summed E-state index contributed by atoms with van der Waals surface area (Å²) in [5.74, 6) is -1.11. The van der Waals surface area contributed by atoms with Crippen LogP contribution >= 0.6 is 7.82 Å². The number of aliphatic hydroxyl groups is 2. The Morgan fingerprint density at radius 1 is 0.947 bits per heavy atom. The first-order valence-corrected chi connectivity index (χ1v) is 30.3. The molecule has 16 heteroatoms. The molecule has 0 radical (unpaired) electrons. The van der Waals surface area contributed by atoms with Gasteiger partial charge in [0.15, 0.2) is 30.3 Å². The molecule has 5 fully saturated rings. The first-order valence-electron chi connectivity index (χ1n) is 28.8. The zero-order chi connectivity index (χ0) is 54.3. The molecule has 11 atom stereocenters. The average Bonchev–Trinajstić information content (AvgIpc) is 4.09. The molecular weight excluding hydrogens is 988 g/mol. The molecule has 6 unspecified atom stereocenters. The lowest BCUT2D eigenvalue weighted by atomic mass is 9.46. The zero-order valence-electron chi connectivity index (χ0n) is 45.9. The lowest BCUT2D eigenvalue weighted by Crippen LogP contribution is -2.64. The molecule has 15 nitrogen and oxygen atoms in total. The van der Waals surface area contributed by atoms with Gasteiger partial charge in [-0.05, 0) is 145 Å². The van der Waals surface area contributed by atoms with Crippen molar-refractivity contribution in [3.63, 3.8) is 0 Å². The van der Waals surface area contributed by atoms with Gasteiger partial charge < -0.3 is 43.5 Å². The van der Waals surface area contributed by atoms with Crippen LogP contribution in [0.3, 0.4) is 0 Å². The summed E-state index contributed by atoms with van der Waals surface area (Å²) in [6, 6.07) is 14.4. The summed E-state index contributed by atoms with van der Waals surface area (Å²) in [5.41, 5.74) is 0.541. The summed E-state index contributed by atoms with van der Waals surface area (Å²) < 4.78 is 43.5. The lowest BCUT2D eigenvalue weighted by molar-refractivity contribution is -0.951. The first kappa shape index (κ1) is 58.5. The van der Waals surface area contributed by atoms with Crippen molar-refractivity contribution in [3.05, 3.63) is 89.0 Å². The third-order valence-electron chi connectivity index (χ3n) is 19.2. The summed E-state index contributed by atoms with van der Waals surface area (Å²) in [5, 5.41) is 27.0. The standard InChI is InChI=1S/C60H87N2O13P/c1-6-62(7-2,39-45-34-44(25-28-52(45)75-76(68,69)70)51(65)38-61-31-17-8-9-18-32-71-33-19-16-22-42-20-12-10-13-21-42)41(3)56(67)72-40-53(66)60-54(73-57(74-60)43-23-14-11-15-24-43)36-49-48-27-26-46-35-47(63)29-30-58(46,4)55(48)50(64)37-59(49,60)5/h10,12-13,20-21,25,28-30,34-35,41,43,48-51,54-55,57,61,64-65H,6-9,11,14-19,22-24,26-27,31-33,36-40H2,1-5H3,(H-,68,69,70)/p+1/t41?,48?,49?,50?,51?,54-,55?,57+,58-,59-,60+/m0/s1. The number of carbonyl (C=O) groups excluding carboxylic acids is 3. The van der Waals surface area contributed by atoms with Crippen molar-refractivity contribution in [3.8, 4) is 5.75 Å². The lowest BCUT2D eigenvalue weighted by Gasteiger charge is -2.59. The molecule has 76 heavy (non-hydrogen) atoms. The van der Waals surface area contributed by atoms with Gasteiger partial charge in [0.1, 0.15) is 12.3 Å². The highest BCUT2D eigenvalue weighted by atomic mass is 31.2. The molecule has 6 aliphatic rings. The molecule has 0 amide bonds. The SMILES string of the molecule is CC[N+](CC)(Cc1cc(C(O)CNCCCCCCOCCCCc2ccccc2)ccc1OP(=O)(O)O)C(C)C(=O)OCC(=O)[C@@]12O[C@H](C3CCCCC3)O[C@H]1CC1C3CCC4=CC(=O)C=C[C@]4(C)C3C(O)C[C@@]12C. The third-order valence-corrected chi connectivity index (χ3v) is 19.7. The highest BCUT2D eigenvalue weighted by Gasteiger charge is 2.76. The molecule has 5 aliphatic carbocycles. The highest BCUT2D eigenvalue weighted by molar-refractivity contribution is 7.46. The number of rotatable bonds is 27. The minimum absolute atomic E-state index is 0.0310. The summed E-state index contributed by atoms with van der Waals surface area (Å²) in [4.78, 5) is 62.2. The van der Waals surface area contributed by atoms with Gasteiger partial charge in [-0.3, -0.25) is 19.4 Å². The third kappa shape index (κ3) is 12.5. The fourth-order valence-corrected chi connectivity index (χ4v) is 15.3. The number of ether oxygens (including phenoxy) is 4. The van der Waals surface area contributed by atoms with Gasteiger partial charge in [-0.1, -0.05) is 94.0 Å². The van der Waals surface area contributed by atoms with Crippen LogP contribution in [0.1, 0.15) is 154 Å². The number of unbranched alkanes of at least 4 members (excludes halogenated alkanes) is 4. The number of aliphatic hydroxyl groups excluding tert-OH is 2. The van der Waals surface area contributed by atoms with Crippen molar-refractivity contribution in [2.75, 3.05) is 46.0 Å². The number of nitrogens with one attached hydrogen (secondary N) is 1. The number of phosphoric ester groups is 1. The van der Waals surface area contributed by atoms with E-state index in [1.54, 1.807) is 31.2 Å². The second-order valence-corrected chi connectivity index (χ2v) is 24.7. The molecule has 0 spiro atoms. The van der Waals surface area contributed by atoms with Gasteiger partial charge in [0.2, 0.25) is 5.78 Å². The number of aryl methyl sites for hydroxylation is 1. The normalized spacial score (nSPS) is 30.2. The minimum Gasteiger partial charge on any atom is -0.453 e. The van der Waals surface area contributed by atoms with Gasteiger partial charge in [-0.15, -0.1) is 0 Å². The number of carbonyl (C=O) groups is 3. The number of hydrogen-bond donors (Lipinski definition) is 5. The molecule has 2 aromatic carbocycles. The van der Waals surface area contributed by atoms with E-state index in [1.165, 1.54) is 11.6 Å². The quantitative estimate of drug-likeness (QED) is 0.0245. The van der Waals surface area contributed by atoms with E-state index in [0.717, 1.165) is 109 Å². The Kier molecular flexibility index (Phi) is 19.4. The van der Waals surface area contributed by atoms with Crippen LogP contribution in [0.5, 0.6) is 5.75 Å². The zero-order valence-corrected chi connectivity index (χ0v) is 46.8. The number of allylic oxidation sites excluding steroid dienone is 4. The van der Waals surface area contributed by atoms with Crippen molar-refractivity contribution < 1.29 is 66.9 Å². The Hall–Kier alpha value is -3.60. The van der Waals surface area contributed by atoms with E-state index in [0.29, 0.717) is 43.6 Å². The number of likely N-dealkylation sites (N-methyl/N-ethyl adjacent to an activating group) is 1. The van der Waals surface area contributed by atoms with Gasteiger partial charge in [-0.2, -0.15) is 0 Å². The molecule has 5 N–H and O–H groups in total. The van der Waals surface area contributed by atoms with Crippen LogP contribution in [0, 0.1) is 34.5 Å². The van der Waals surface area contributed by atoms with Crippen LogP contribution in [-0.2, 0) is 50.9 Å². The predicted octanol–water partition coefficient (Wildman–Crippen LogP) is 9.19. The van der Waals surface area contributed by atoms with Gasteiger partial charge in [0.25, 0.3) is 0 Å². The molecule has 0 bridgehead atoms. The van der Waals surface area contributed by atoms with E-state index in [2.05, 4.69) is 43.4 Å². The van der Waals surface area contributed by atoms with Gasteiger partial charge in [-0.25, -0.2) is 9.36 Å². The van der Waals surface area contributed by atoms with E-state index < -0.39 is 67.5 Å². The Balaban J connectivity index is 0.895. The predicted molar refractivity (Wildman–Crippen MR) is 289 cm³/mol. The van der Waals surface area contributed by atoms with Crippen molar-refractivity contribution in [1.82, 2.24) is 5.32 Å². The maximum absolute atomic E-state index is 15.3. The van der Waals surface area contributed by atoms with E-state index in [1.807, 2.05) is 26.0 Å². The molecule has 420 valence electrons. The monoisotopic (exact) mass is 1080 g/mol. The molecule has 8 rings (SSSR count). The maximum Gasteiger partial charge on any atom is 0.524 e. The summed E-state index contributed by atoms with van der Waals surface area (Å²) in [6.45, 7) is 12.7. The number of esters is 1. The Bertz CT molecular complexity index is 2420. The molecule has 1 aliphatic heterocycles. The van der Waals surface area contributed by atoms with E-state index in [-0.39, 0.29) is 58.6 Å². The Morgan fingerprint density at radius 2 is 1.67 bits per heavy atom. The Labute approximate surface area is 451 Å². The summed E-state index contributed by atoms with van der Waals surface area (Å²) >= 11 is 0. The van der Waals surface area contributed by atoms with Crippen molar-refractivity contribution in [2.24, 2.45) is 34.5 Å². The fourth-order valence-electron chi connectivity index (χ4n) is 14.9. The number of ketones is 2. The molecular formula is C60H88N2O13P+. The van der Waals surface area contributed by atoms with Crippen LogP contribution in [-0.4, -0.2) is 118 Å². The van der Waals surface area contributed by atoms with Gasteiger partial charge >= 0.3 is 13.8 Å². The van der Waals surface area contributed by atoms with Crippen molar-refractivity contribution >= 4 is 25.4 Å². The molecule has 1 heterocycles. The fraction of sp³-hybridized carbons (Fsp3) is 0.683. The molecule has 2 aromatic rings. The number of quaternary nitrogens is 1. The van der Waals surface area contributed by atoms with Crippen LogP contribution in [0.2, 0.25) is 0 Å². The van der Waals surface area contributed by atoms with Crippen LogP contribution in [0.15, 0.2) is 72.3 Å². The van der Waals surface area contributed by atoms with Crippen LogP contribution in [0.4, 0.5) is 0 Å². The van der Waals surface area contributed by atoms with E-state index in [9.17, 15) is 34.2 Å². The topological polar surface area (TPSA) is 207 Å². The number of fused-ring (bicyclic) bond motifs is 7. The maximum atomic E-state index is 15.3. The summed E-state index contributed by atoms with van der Waals surface area (Å²) in [6.07, 6.45) is 17.1. The van der Waals surface area contributed by atoms with Crippen molar-refractivity contribution in [1.29, 1.82) is 0 Å². The van der Waals surface area contributed by atoms with E-state index >= 15 is 4.79 Å². The largest absolute Gasteiger partial charge is 0.524 e.